The zero-order valence-corrected chi connectivity index (χ0v) is 27.4. The first-order valence-electron chi connectivity index (χ1n) is 17.6. The average molecular weight is 639 g/mol. The Hall–Kier alpha value is -1.85. The van der Waals surface area contributed by atoms with Gasteiger partial charge in [0, 0.05) is 35.3 Å². The number of rotatable bonds is 5. The Bertz CT molecular complexity index is 1380. The van der Waals surface area contributed by atoms with Gasteiger partial charge in [0.1, 0.15) is 12.7 Å². The SMILES string of the molecule is CC1OC(OC2CCC3(CO)C4CCC5(C)C(C6=CC(=O)OC6)CCC5(O)C4CCC3(O)C2)CC2OC(C)(c3ccccc3)OC12. The van der Waals surface area contributed by atoms with Crippen LogP contribution in [-0.2, 0) is 34.3 Å². The van der Waals surface area contributed by atoms with Gasteiger partial charge in [-0.2, -0.15) is 0 Å². The number of cyclic esters (lactones) is 1. The quantitative estimate of drug-likeness (QED) is 0.316. The highest BCUT2D eigenvalue weighted by Crippen LogP contribution is 2.70. The predicted molar refractivity (Wildman–Crippen MR) is 166 cm³/mol. The van der Waals surface area contributed by atoms with Gasteiger partial charge in [-0.3, -0.25) is 0 Å². The molecule has 1 aromatic rings. The van der Waals surface area contributed by atoms with Crippen molar-refractivity contribution in [2.45, 2.75) is 133 Å². The maximum absolute atomic E-state index is 12.5. The number of hydrogen-bond donors (Lipinski definition) is 3. The Kier molecular flexibility index (Phi) is 7.39. The highest BCUT2D eigenvalue weighted by molar-refractivity contribution is 5.85. The van der Waals surface area contributed by atoms with Crippen LogP contribution in [0.3, 0.4) is 0 Å². The lowest BCUT2D eigenvalue weighted by Crippen LogP contribution is -2.69. The minimum atomic E-state index is -1.09. The van der Waals surface area contributed by atoms with Gasteiger partial charge >= 0.3 is 5.97 Å². The van der Waals surface area contributed by atoms with Gasteiger partial charge in [-0.25, -0.2) is 4.79 Å². The molecule has 3 N–H and O–H groups in total. The van der Waals surface area contributed by atoms with Crippen molar-refractivity contribution in [3.63, 3.8) is 0 Å². The van der Waals surface area contributed by atoms with Gasteiger partial charge in [0.05, 0.1) is 36.1 Å². The number of esters is 1. The van der Waals surface area contributed by atoms with Crippen molar-refractivity contribution in [1.82, 2.24) is 0 Å². The molecule has 13 atom stereocenters. The van der Waals surface area contributed by atoms with Crippen LogP contribution in [0, 0.1) is 28.6 Å². The summed E-state index contributed by atoms with van der Waals surface area (Å²) in [7, 11) is 0. The smallest absolute Gasteiger partial charge is 0.331 e. The molecule has 6 fully saturated rings. The number of carbonyl (C=O) groups excluding carboxylic acids is 1. The van der Waals surface area contributed by atoms with Crippen LogP contribution in [0.5, 0.6) is 0 Å². The van der Waals surface area contributed by atoms with Crippen molar-refractivity contribution in [1.29, 1.82) is 0 Å². The molecule has 1 aromatic carbocycles. The third-order valence-corrected chi connectivity index (χ3v) is 14.0. The second-order valence-corrected chi connectivity index (χ2v) is 16.0. The van der Waals surface area contributed by atoms with Crippen molar-refractivity contribution < 1.29 is 43.8 Å². The summed E-state index contributed by atoms with van der Waals surface area (Å²) in [6.45, 7) is 6.37. The van der Waals surface area contributed by atoms with E-state index in [9.17, 15) is 20.1 Å². The first-order chi connectivity index (χ1) is 21.9. The van der Waals surface area contributed by atoms with Crippen LogP contribution in [-0.4, -0.2) is 76.4 Å². The van der Waals surface area contributed by atoms with Crippen LogP contribution >= 0.6 is 0 Å². The van der Waals surface area contributed by atoms with E-state index in [2.05, 4.69) is 6.92 Å². The number of ether oxygens (including phenoxy) is 5. The first-order valence-corrected chi connectivity index (χ1v) is 17.6. The van der Waals surface area contributed by atoms with Crippen LogP contribution in [0.2, 0.25) is 0 Å². The molecule has 252 valence electrons. The molecule has 0 spiro atoms. The molecule has 0 radical (unpaired) electrons. The molecule has 2 saturated heterocycles. The van der Waals surface area contributed by atoms with E-state index >= 15 is 0 Å². The van der Waals surface area contributed by atoms with Crippen molar-refractivity contribution in [2.24, 2.45) is 28.6 Å². The first kappa shape index (κ1) is 31.4. The molecule has 3 heterocycles. The second kappa shape index (κ2) is 10.8. The predicted octanol–water partition coefficient (Wildman–Crippen LogP) is 4.51. The molecule has 0 aromatic heterocycles. The van der Waals surface area contributed by atoms with E-state index in [1.807, 2.05) is 44.2 Å². The van der Waals surface area contributed by atoms with Crippen molar-refractivity contribution in [3.05, 3.63) is 47.5 Å². The maximum Gasteiger partial charge on any atom is 0.331 e. The van der Waals surface area contributed by atoms with Crippen molar-refractivity contribution >= 4 is 5.97 Å². The van der Waals surface area contributed by atoms with E-state index in [1.165, 1.54) is 0 Å². The summed E-state index contributed by atoms with van der Waals surface area (Å²) >= 11 is 0. The van der Waals surface area contributed by atoms with Gasteiger partial charge < -0.3 is 39.0 Å². The summed E-state index contributed by atoms with van der Waals surface area (Å²) in [6, 6.07) is 9.98. The molecule has 13 unspecified atom stereocenters. The minimum Gasteiger partial charge on any atom is -0.458 e. The van der Waals surface area contributed by atoms with Gasteiger partial charge in [0.2, 0.25) is 0 Å². The molecule has 0 amide bonds. The molecule has 8 rings (SSSR count). The fourth-order valence-electron chi connectivity index (χ4n) is 11.7. The maximum atomic E-state index is 12.5. The normalized spacial score (nSPS) is 51.4. The average Bonchev–Trinajstić information content (AvgIpc) is 3.70. The highest BCUT2D eigenvalue weighted by atomic mass is 16.8. The zero-order valence-electron chi connectivity index (χ0n) is 27.4. The molecule has 46 heavy (non-hydrogen) atoms. The molecule has 9 nitrogen and oxygen atoms in total. The standard InChI is InChI=1S/C37H50O9/c1-22-32-29(45-34(3,46-32)24-7-5-4-6-8-24)18-31(43-22)44-25-9-14-35(21-38)27-10-13-33(2)26(23-17-30(39)42-20-23)12-16-37(33,41)28(27)11-15-36(35,40)19-25/h4-8,17,22,25-29,31-32,38,40-41H,9-16,18-21H2,1-3H3. The van der Waals surface area contributed by atoms with Crippen LogP contribution in [0.1, 0.15) is 90.5 Å². The lowest BCUT2D eigenvalue weighted by atomic mass is 9.41. The Balaban J connectivity index is 0.967. The Morgan fingerprint density at radius 2 is 1.74 bits per heavy atom. The molecular formula is C37H50O9. The van der Waals surface area contributed by atoms with Gasteiger partial charge in [-0.1, -0.05) is 37.3 Å². The second-order valence-electron chi connectivity index (χ2n) is 16.0. The highest BCUT2D eigenvalue weighted by Gasteiger charge is 2.71. The van der Waals surface area contributed by atoms with E-state index in [4.69, 9.17) is 23.7 Å². The molecule has 4 aliphatic carbocycles. The summed E-state index contributed by atoms with van der Waals surface area (Å²) in [5.74, 6) is -1.03. The van der Waals surface area contributed by atoms with Gasteiger partial charge in [-0.05, 0) is 88.5 Å². The summed E-state index contributed by atoms with van der Waals surface area (Å²) in [4.78, 5) is 11.9. The zero-order chi connectivity index (χ0) is 32.1. The van der Waals surface area contributed by atoms with E-state index in [1.54, 1.807) is 6.08 Å². The monoisotopic (exact) mass is 638 g/mol. The summed E-state index contributed by atoms with van der Waals surface area (Å²) in [5.41, 5.74) is -1.08. The van der Waals surface area contributed by atoms with E-state index in [0.717, 1.165) is 30.4 Å². The van der Waals surface area contributed by atoms with Crippen LogP contribution < -0.4 is 0 Å². The third-order valence-electron chi connectivity index (χ3n) is 14.0. The van der Waals surface area contributed by atoms with Crippen LogP contribution in [0.15, 0.2) is 42.0 Å². The summed E-state index contributed by atoms with van der Waals surface area (Å²) in [5, 5.41) is 36.1. The van der Waals surface area contributed by atoms with Crippen molar-refractivity contribution in [3.8, 4) is 0 Å². The van der Waals surface area contributed by atoms with Crippen LogP contribution in [0.4, 0.5) is 0 Å². The van der Waals surface area contributed by atoms with Gasteiger partial charge in [-0.15, -0.1) is 0 Å². The minimum absolute atomic E-state index is 0.0101. The number of benzene rings is 1. The molecule has 9 heteroatoms. The van der Waals surface area contributed by atoms with Crippen molar-refractivity contribution in [2.75, 3.05) is 13.2 Å². The summed E-state index contributed by atoms with van der Waals surface area (Å²) < 4.78 is 31.2. The van der Waals surface area contributed by atoms with Crippen LogP contribution in [0.25, 0.3) is 0 Å². The molecular weight excluding hydrogens is 588 g/mol. The van der Waals surface area contributed by atoms with Gasteiger partial charge in [0.15, 0.2) is 12.1 Å². The molecule has 4 saturated carbocycles. The largest absolute Gasteiger partial charge is 0.458 e. The Morgan fingerprint density at radius 1 is 0.957 bits per heavy atom. The van der Waals surface area contributed by atoms with Gasteiger partial charge in [0.25, 0.3) is 0 Å². The lowest BCUT2D eigenvalue weighted by molar-refractivity contribution is -0.292. The summed E-state index contributed by atoms with van der Waals surface area (Å²) in [6.07, 6.45) is 7.01. The van der Waals surface area contributed by atoms with E-state index < -0.39 is 28.7 Å². The third kappa shape index (κ3) is 4.41. The number of fused-ring (bicyclic) bond motifs is 6. The number of hydrogen-bond acceptors (Lipinski definition) is 9. The lowest BCUT2D eigenvalue weighted by Gasteiger charge is -2.66. The number of aliphatic hydroxyl groups is 3. The Morgan fingerprint density at radius 3 is 2.48 bits per heavy atom. The fourth-order valence-corrected chi connectivity index (χ4v) is 11.7. The fraction of sp³-hybridized carbons (Fsp3) is 0.757. The van der Waals surface area contributed by atoms with E-state index in [0.29, 0.717) is 51.6 Å². The Labute approximate surface area is 271 Å². The molecule has 3 aliphatic heterocycles. The number of aliphatic hydroxyl groups excluding tert-OH is 1. The number of carbonyl (C=O) groups is 1. The van der Waals surface area contributed by atoms with E-state index in [-0.39, 0.29) is 60.2 Å². The molecule has 7 aliphatic rings. The molecule has 0 bridgehead atoms. The topological polar surface area (TPSA) is 124 Å².